The van der Waals surface area contributed by atoms with Gasteiger partial charge in [-0.2, -0.15) is 0 Å². The molecule has 15 nitrogen and oxygen atoms in total. The van der Waals surface area contributed by atoms with Gasteiger partial charge in [-0.3, -0.25) is 4.79 Å². The van der Waals surface area contributed by atoms with Crippen LogP contribution in [0, 0.1) is 0 Å². The minimum Gasteiger partial charge on any atom is -0.507 e. The van der Waals surface area contributed by atoms with E-state index in [-0.39, 0.29) is 50.4 Å². The topological polar surface area (TPSA) is 236 Å². The van der Waals surface area contributed by atoms with Crippen LogP contribution in [0.3, 0.4) is 0 Å². The molecule has 0 saturated carbocycles. The minimum atomic E-state index is -4.88. The number of aromatic hydroxyl groups is 3. The fraction of sp³-hybridized carbons (Fsp3) is 0.0962. The van der Waals surface area contributed by atoms with Crippen molar-refractivity contribution in [1.82, 2.24) is 0 Å². The van der Waals surface area contributed by atoms with Crippen LogP contribution in [0.4, 0.5) is 18.9 Å². The van der Waals surface area contributed by atoms with Crippen molar-refractivity contribution in [3.8, 4) is 23.0 Å². The molecule has 0 spiro atoms. The number of benzene rings is 6. The number of halogens is 3. The Bertz CT molecular complexity index is 3590. The van der Waals surface area contributed by atoms with E-state index in [1.54, 1.807) is 84.9 Å². The second kappa shape index (κ2) is 19.9. The molecule has 1 aliphatic heterocycles. The van der Waals surface area contributed by atoms with Crippen molar-refractivity contribution in [2.75, 3.05) is 5.32 Å². The Morgan fingerprint density at radius 3 is 1.73 bits per heavy atom. The number of fused-ring (bicyclic) bond motifs is 4. The minimum absolute atomic E-state index is 0.0583. The van der Waals surface area contributed by atoms with Gasteiger partial charge in [0, 0.05) is 18.0 Å². The molecule has 5 N–H and O–H groups in total. The third-order valence-electron chi connectivity index (χ3n) is 10.9. The number of anilines is 1. The molecule has 0 aliphatic carbocycles. The number of aliphatic carboxylic acids is 1. The van der Waals surface area contributed by atoms with E-state index in [1.807, 2.05) is 30.3 Å². The SMILES string of the molecule is O=C(O)CC(c1ccc(OC(F)(F)F)cc1)c1c(O)c2ccccc2oc1=O.O=C1OC(c2c(O)c3ccccc3oc2=O)c2ccccc21.O=c1oc2ccccc2c(O)c1NCc1ccccc1. The second-order valence-corrected chi connectivity index (χ2v) is 15.4. The number of carbonyl (C=O) groups is 2. The molecule has 6 aromatic carbocycles. The van der Waals surface area contributed by atoms with Crippen LogP contribution in [0.1, 0.15) is 56.6 Å². The molecule has 0 fully saturated rings. The highest BCUT2D eigenvalue weighted by Gasteiger charge is 2.37. The van der Waals surface area contributed by atoms with Crippen LogP contribution in [-0.2, 0) is 16.1 Å². The second-order valence-electron chi connectivity index (χ2n) is 15.4. The zero-order valence-corrected chi connectivity index (χ0v) is 36.0. The maximum atomic E-state index is 12.4. The Hall–Kier alpha value is -9.32. The molecule has 1 aliphatic rings. The van der Waals surface area contributed by atoms with E-state index in [2.05, 4.69) is 10.1 Å². The van der Waals surface area contributed by atoms with Crippen molar-refractivity contribution >= 4 is 50.5 Å². The Labute approximate surface area is 391 Å². The third kappa shape index (κ3) is 10.2. The maximum absolute atomic E-state index is 12.4. The highest BCUT2D eigenvalue weighted by Crippen LogP contribution is 2.41. The summed E-state index contributed by atoms with van der Waals surface area (Å²) in [6.45, 7) is 0.442. The number of carbonyl (C=O) groups excluding carboxylic acids is 1. The van der Waals surface area contributed by atoms with Crippen LogP contribution in [0.25, 0.3) is 32.9 Å². The summed E-state index contributed by atoms with van der Waals surface area (Å²) in [6.07, 6.45) is -6.42. The lowest BCUT2D eigenvalue weighted by Gasteiger charge is -2.17. The van der Waals surface area contributed by atoms with Crippen molar-refractivity contribution < 1.29 is 65.9 Å². The molecule has 9 aromatic rings. The number of para-hydroxylation sites is 3. The van der Waals surface area contributed by atoms with E-state index in [0.717, 1.165) is 17.7 Å². The van der Waals surface area contributed by atoms with Crippen LogP contribution in [0.2, 0.25) is 0 Å². The Balaban J connectivity index is 0.000000143. The highest BCUT2D eigenvalue weighted by atomic mass is 19.4. The van der Waals surface area contributed by atoms with Gasteiger partial charge in [-0.1, -0.05) is 97.1 Å². The third-order valence-corrected chi connectivity index (χ3v) is 10.9. The number of carboxylic acids is 1. The van der Waals surface area contributed by atoms with Crippen LogP contribution in [-0.4, -0.2) is 38.7 Å². The Morgan fingerprint density at radius 2 is 1.13 bits per heavy atom. The molecular weight excluding hydrogens is 920 g/mol. The fourth-order valence-corrected chi connectivity index (χ4v) is 7.73. The summed E-state index contributed by atoms with van der Waals surface area (Å²) in [5, 5.41) is 44.5. The van der Waals surface area contributed by atoms with Gasteiger partial charge in [0.25, 0.3) is 0 Å². The summed E-state index contributed by atoms with van der Waals surface area (Å²) in [5.41, 5.74) is 0.457. The van der Waals surface area contributed by atoms with Crippen molar-refractivity contribution in [3.05, 3.63) is 216 Å². The lowest BCUT2D eigenvalue weighted by molar-refractivity contribution is -0.274. The average Bonchev–Trinajstić information content (AvgIpc) is 3.66. The van der Waals surface area contributed by atoms with Gasteiger partial charge in [0.15, 0.2) is 17.5 Å². The predicted molar refractivity (Wildman–Crippen MR) is 247 cm³/mol. The van der Waals surface area contributed by atoms with Crippen molar-refractivity contribution in [2.24, 2.45) is 0 Å². The van der Waals surface area contributed by atoms with Gasteiger partial charge in [0.2, 0.25) is 0 Å². The first-order chi connectivity index (χ1) is 33.6. The molecule has 0 bridgehead atoms. The summed E-state index contributed by atoms with van der Waals surface area (Å²) in [4.78, 5) is 59.7. The molecule has 0 radical (unpaired) electrons. The number of hydrogen-bond acceptors (Lipinski definition) is 14. The first kappa shape index (κ1) is 47.2. The number of rotatable bonds is 9. The number of alkyl halides is 3. The number of carboxylic acid groups (broad SMARTS) is 1. The average molecular weight is 956 g/mol. The monoisotopic (exact) mass is 955 g/mol. The van der Waals surface area contributed by atoms with E-state index < -0.39 is 65.1 Å². The quantitative estimate of drug-likeness (QED) is 0.0669. The largest absolute Gasteiger partial charge is 0.573 e. The molecule has 4 heterocycles. The van der Waals surface area contributed by atoms with Crippen LogP contribution in [0.5, 0.6) is 23.0 Å². The van der Waals surface area contributed by atoms with Gasteiger partial charge in [0.05, 0.1) is 33.7 Å². The smallest absolute Gasteiger partial charge is 0.507 e. The molecular formula is C52H36F3NO14. The maximum Gasteiger partial charge on any atom is 0.573 e. The molecule has 3 aromatic heterocycles. The van der Waals surface area contributed by atoms with Crippen molar-refractivity contribution in [3.63, 3.8) is 0 Å². The molecule has 2 atom stereocenters. The van der Waals surface area contributed by atoms with Gasteiger partial charge >= 0.3 is 35.2 Å². The summed E-state index contributed by atoms with van der Waals surface area (Å²) < 4.78 is 61.5. The van der Waals surface area contributed by atoms with Crippen molar-refractivity contribution in [2.45, 2.75) is 31.3 Å². The fourth-order valence-electron chi connectivity index (χ4n) is 7.73. The number of cyclic esters (lactones) is 1. The first-order valence-corrected chi connectivity index (χ1v) is 21.0. The molecule has 0 saturated heterocycles. The Kier molecular flexibility index (Phi) is 13.4. The first-order valence-electron chi connectivity index (χ1n) is 21.0. The summed E-state index contributed by atoms with van der Waals surface area (Å²) in [5.74, 6) is -4.17. The highest BCUT2D eigenvalue weighted by molar-refractivity contribution is 5.95. The molecule has 0 amide bonds. The van der Waals surface area contributed by atoms with E-state index in [9.17, 15) is 57.6 Å². The number of ether oxygens (including phenoxy) is 2. The zero-order chi connectivity index (χ0) is 49.7. The summed E-state index contributed by atoms with van der Waals surface area (Å²) in [6, 6.07) is 40.5. The summed E-state index contributed by atoms with van der Waals surface area (Å²) in [7, 11) is 0. The molecule has 10 rings (SSSR count). The predicted octanol–water partition coefficient (Wildman–Crippen LogP) is 9.87. The van der Waals surface area contributed by atoms with Gasteiger partial charge < -0.3 is 48.5 Å². The zero-order valence-electron chi connectivity index (χ0n) is 36.0. The molecule has 70 heavy (non-hydrogen) atoms. The number of nitrogens with one attached hydrogen (secondary N) is 1. The summed E-state index contributed by atoms with van der Waals surface area (Å²) >= 11 is 0. The van der Waals surface area contributed by atoms with Gasteiger partial charge in [-0.15, -0.1) is 13.2 Å². The van der Waals surface area contributed by atoms with Crippen LogP contribution < -0.4 is 26.9 Å². The lowest BCUT2D eigenvalue weighted by Crippen LogP contribution is -2.18. The van der Waals surface area contributed by atoms with E-state index in [1.165, 1.54) is 24.3 Å². The number of hydrogen-bond donors (Lipinski definition) is 5. The standard InChI is InChI=1S/C19H13F3O6.C17H10O5.C16H13NO3/c20-19(21,22)28-11-7-5-10(6-8-11)13(9-15(23)24)16-17(25)12-3-1-2-4-14(12)27-18(16)26;18-14-11-7-3-4-8-12(11)21-17(20)13(14)15-9-5-1-2-6-10(9)16(19)22-15;18-15-12-8-4-5-9-13(12)20-16(19)14(15)17-10-11-6-2-1-3-7-11/h1-8,13,25H,9H2,(H,23,24);1-8,15,18H;1-9,17-18H,10H2. The van der Waals surface area contributed by atoms with Gasteiger partial charge in [-0.25, -0.2) is 19.2 Å². The van der Waals surface area contributed by atoms with Crippen LogP contribution in [0.15, 0.2) is 179 Å². The lowest BCUT2D eigenvalue weighted by atomic mass is 9.88. The van der Waals surface area contributed by atoms with Crippen molar-refractivity contribution in [1.29, 1.82) is 0 Å². The number of esters is 1. The molecule has 2 unspecified atom stereocenters. The van der Waals surface area contributed by atoms with E-state index >= 15 is 0 Å². The van der Waals surface area contributed by atoms with E-state index in [4.69, 9.17) is 18.0 Å². The molecule has 354 valence electrons. The van der Waals surface area contributed by atoms with Crippen LogP contribution >= 0.6 is 0 Å². The van der Waals surface area contributed by atoms with Gasteiger partial charge in [-0.05, 0) is 65.7 Å². The van der Waals surface area contributed by atoms with Gasteiger partial charge in [0.1, 0.15) is 39.6 Å². The van der Waals surface area contributed by atoms with E-state index in [0.29, 0.717) is 34.0 Å². The molecule has 18 heteroatoms. The Morgan fingerprint density at radius 1 is 0.614 bits per heavy atom. The normalized spacial score (nSPS) is 13.3.